The van der Waals surface area contributed by atoms with Gasteiger partial charge in [0, 0.05) is 22.6 Å². The fourth-order valence-electron chi connectivity index (χ4n) is 4.79. The summed E-state index contributed by atoms with van der Waals surface area (Å²) in [6.45, 7) is 3.57. The zero-order valence-corrected chi connectivity index (χ0v) is 27.5. The second kappa shape index (κ2) is 16.1. The first-order valence-electron chi connectivity index (χ1n) is 14.9. The van der Waals surface area contributed by atoms with E-state index in [-0.39, 0.29) is 22.6 Å². The molecule has 2 heterocycles. The molecule has 0 N–H and O–H groups in total. The van der Waals surface area contributed by atoms with E-state index in [1.807, 2.05) is 6.92 Å². The standard InChI is InChI=1S/C35H26F10O2S2/c1-3-4-5-6-7-17-15-25(49-23(17)13-9-19-28(38)32(42)35(45)33(43)29(19)39)21(47)11-10-20(46)24-14-16(2)22(48-24)12-8-18-26(36)30(40)34(44)31(41)27(18)37/h8-9,12-15H,3-7,10-11H2,1-2H3. The predicted octanol–water partition coefficient (Wildman–Crippen LogP) is 11.8. The molecule has 0 atom stereocenters. The molecule has 14 heteroatoms. The number of hydrogen-bond acceptors (Lipinski definition) is 4. The van der Waals surface area contributed by atoms with E-state index in [9.17, 15) is 53.5 Å². The summed E-state index contributed by atoms with van der Waals surface area (Å²) in [5.74, 6) is -21.8. The number of hydrogen-bond donors (Lipinski definition) is 0. The van der Waals surface area contributed by atoms with Crippen LogP contribution in [0.5, 0.6) is 0 Å². The molecule has 0 saturated heterocycles. The van der Waals surface area contributed by atoms with E-state index in [4.69, 9.17) is 0 Å². The van der Waals surface area contributed by atoms with Crippen molar-refractivity contribution in [3.63, 3.8) is 0 Å². The SMILES string of the molecule is CCCCCCc1cc(C(=O)CCC(=O)c2cc(C)c(C=Cc3c(F)c(F)c(F)c(F)c3F)s2)sc1C=Cc1c(F)c(F)c(F)c(F)c1F. The minimum Gasteiger partial charge on any atom is -0.293 e. The van der Waals surface area contributed by atoms with Crippen molar-refractivity contribution in [1.82, 2.24) is 0 Å². The molecule has 0 saturated carbocycles. The summed E-state index contributed by atoms with van der Waals surface area (Å²) in [7, 11) is 0. The highest BCUT2D eigenvalue weighted by Crippen LogP contribution is 2.32. The Hall–Kier alpha value is -4.04. The van der Waals surface area contributed by atoms with Crippen LogP contribution >= 0.6 is 22.7 Å². The van der Waals surface area contributed by atoms with Gasteiger partial charge >= 0.3 is 0 Å². The van der Waals surface area contributed by atoms with Crippen LogP contribution in [-0.4, -0.2) is 11.6 Å². The second-order valence-corrected chi connectivity index (χ2v) is 13.1. The fourth-order valence-corrected chi connectivity index (χ4v) is 6.91. The number of rotatable bonds is 14. The van der Waals surface area contributed by atoms with Crippen LogP contribution in [-0.2, 0) is 6.42 Å². The molecular formula is C35H26F10O2S2. The lowest BCUT2D eigenvalue weighted by molar-refractivity contribution is 0.0921. The Kier molecular flexibility index (Phi) is 12.4. The van der Waals surface area contributed by atoms with Crippen molar-refractivity contribution >= 4 is 58.5 Å². The molecule has 2 aromatic heterocycles. The smallest absolute Gasteiger partial charge is 0.200 e. The van der Waals surface area contributed by atoms with Gasteiger partial charge in [0.25, 0.3) is 0 Å². The lowest BCUT2D eigenvalue weighted by Crippen LogP contribution is -2.03. The molecule has 2 aromatic carbocycles. The molecule has 2 nitrogen and oxygen atoms in total. The highest BCUT2D eigenvalue weighted by atomic mass is 32.1. The fraction of sp³-hybridized carbons (Fsp3) is 0.257. The highest BCUT2D eigenvalue weighted by Gasteiger charge is 2.26. The van der Waals surface area contributed by atoms with Gasteiger partial charge in [-0.3, -0.25) is 9.59 Å². The maximum Gasteiger partial charge on any atom is 0.200 e. The number of benzene rings is 2. The monoisotopic (exact) mass is 732 g/mol. The van der Waals surface area contributed by atoms with Crippen LogP contribution in [0.4, 0.5) is 43.9 Å². The third-order valence-electron chi connectivity index (χ3n) is 7.52. The van der Waals surface area contributed by atoms with E-state index < -0.39 is 80.9 Å². The van der Waals surface area contributed by atoms with E-state index in [0.29, 0.717) is 39.8 Å². The van der Waals surface area contributed by atoms with E-state index in [0.717, 1.165) is 54.1 Å². The largest absolute Gasteiger partial charge is 0.293 e. The lowest BCUT2D eigenvalue weighted by atomic mass is 10.0. The molecule has 260 valence electrons. The molecule has 0 aliphatic carbocycles. The number of unbranched alkanes of at least 4 members (excludes halogenated alkanes) is 3. The van der Waals surface area contributed by atoms with Crippen molar-refractivity contribution in [3.8, 4) is 0 Å². The van der Waals surface area contributed by atoms with Gasteiger partial charge in [-0.05, 0) is 67.3 Å². The number of aryl methyl sites for hydroxylation is 2. The van der Waals surface area contributed by atoms with E-state index in [1.54, 1.807) is 13.0 Å². The molecule has 0 aliphatic heterocycles. The van der Waals surface area contributed by atoms with Crippen molar-refractivity contribution in [2.24, 2.45) is 0 Å². The van der Waals surface area contributed by atoms with Crippen LogP contribution in [0, 0.1) is 65.1 Å². The maximum atomic E-state index is 14.2. The van der Waals surface area contributed by atoms with Gasteiger partial charge in [0.2, 0.25) is 11.6 Å². The Bertz CT molecular complexity index is 1920. The summed E-state index contributed by atoms with van der Waals surface area (Å²) in [5.41, 5.74) is -1.19. The molecule has 4 rings (SSSR count). The van der Waals surface area contributed by atoms with Gasteiger partial charge in [0.05, 0.1) is 20.9 Å². The topological polar surface area (TPSA) is 34.1 Å². The number of Topliss-reactive ketones (excluding diaryl/α,β-unsaturated/α-hetero) is 2. The second-order valence-electron chi connectivity index (χ2n) is 10.9. The number of thiophene rings is 2. The lowest BCUT2D eigenvalue weighted by Gasteiger charge is -2.04. The summed E-state index contributed by atoms with van der Waals surface area (Å²) in [6, 6.07) is 3.02. The number of halogens is 10. The van der Waals surface area contributed by atoms with Gasteiger partial charge in [-0.2, -0.15) is 0 Å². The van der Waals surface area contributed by atoms with Crippen LogP contribution in [0.1, 0.15) is 96.8 Å². The Balaban J connectivity index is 1.51. The van der Waals surface area contributed by atoms with Crippen LogP contribution < -0.4 is 0 Å². The van der Waals surface area contributed by atoms with Gasteiger partial charge < -0.3 is 0 Å². The van der Waals surface area contributed by atoms with Crippen molar-refractivity contribution in [1.29, 1.82) is 0 Å². The quantitative estimate of drug-likeness (QED) is 0.0425. The van der Waals surface area contributed by atoms with E-state index >= 15 is 0 Å². The third kappa shape index (κ3) is 8.23. The molecule has 0 unspecified atom stereocenters. The zero-order valence-electron chi connectivity index (χ0n) is 25.8. The molecule has 0 amide bonds. The molecule has 0 fully saturated rings. The zero-order chi connectivity index (χ0) is 36.2. The minimum absolute atomic E-state index is 0.177. The molecule has 0 aliphatic rings. The van der Waals surface area contributed by atoms with Crippen molar-refractivity contribution < 1.29 is 53.5 Å². The first-order valence-corrected chi connectivity index (χ1v) is 16.5. The highest BCUT2D eigenvalue weighted by molar-refractivity contribution is 7.15. The Labute approximate surface area is 282 Å². The molecule has 0 radical (unpaired) electrons. The van der Waals surface area contributed by atoms with Crippen LogP contribution in [0.3, 0.4) is 0 Å². The molecule has 4 aromatic rings. The number of carbonyl (C=O) groups is 2. The van der Waals surface area contributed by atoms with Crippen LogP contribution in [0.15, 0.2) is 12.1 Å². The average Bonchev–Trinajstić information content (AvgIpc) is 3.68. The Morgan fingerprint density at radius 3 is 1.43 bits per heavy atom. The van der Waals surface area contributed by atoms with Crippen molar-refractivity contribution in [2.75, 3.05) is 0 Å². The molecule has 0 bridgehead atoms. The van der Waals surface area contributed by atoms with Crippen LogP contribution in [0.25, 0.3) is 24.3 Å². The Morgan fingerprint density at radius 1 is 0.551 bits per heavy atom. The number of carbonyl (C=O) groups excluding carboxylic acids is 2. The molecular weight excluding hydrogens is 706 g/mol. The first kappa shape index (κ1) is 37.8. The minimum atomic E-state index is -2.29. The molecule has 49 heavy (non-hydrogen) atoms. The van der Waals surface area contributed by atoms with Gasteiger partial charge in [-0.1, -0.05) is 26.2 Å². The summed E-state index contributed by atoms with van der Waals surface area (Å²) in [5, 5.41) is 0. The summed E-state index contributed by atoms with van der Waals surface area (Å²) in [4.78, 5) is 27.1. The maximum absolute atomic E-state index is 14.2. The third-order valence-corrected chi connectivity index (χ3v) is 9.94. The molecule has 0 spiro atoms. The van der Waals surface area contributed by atoms with E-state index in [2.05, 4.69) is 0 Å². The van der Waals surface area contributed by atoms with Crippen LogP contribution in [0.2, 0.25) is 0 Å². The van der Waals surface area contributed by atoms with Crippen molar-refractivity contribution in [3.05, 3.63) is 112 Å². The summed E-state index contributed by atoms with van der Waals surface area (Å²) >= 11 is 1.83. The van der Waals surface area contributed by atoms with Crippen molar-refractivity contribution in [2.45, 2.75) is 58.8 Å². The number of ketones is 2. The van der Waals surface area contributed by atoms with Gasteiger partial charge in [-0.15, -0.1) is 22.7 Å². The van der Waals surface area contributed by atoms with Gasteiger partial charge in [0.1, 0.15) is 0 Å². The average molecular weight is 733 g/mol. The summed E-state index contributed by atoms with van der Waals surface area (Å²) < 4.78 is 138. The van der Waals surface area contributed by atoms with Gasteiger partial charge in [0.15, 0.2) is 58.1 Å². The Morgan fingerprint density at radius 2 is 0.959 bits per heavy atom. The first-order chi connectivity index (χ1) is 23.2. The summed E-state index contributed by atoms with van der Waals surface area (Å²) in [6.07, 6.45) is 7.16. The van der Waals surface area contributed by atoms with E-state index in [1.165, 1.54) is 12.1 Å². The predicted molar refractivity (Wildman–Crippen MR) is 169 cm³/mol. The normalized spacial score (nSPS) is 11.8. The van der Waals surface area contributed by atoms with Gasteiger partial charge in [-0.25, -0.2) is 43.9 Å².